The highest BCUT2D eigenvalue weighted by atomic mass is 16.5. The van der Waals surface area contributed by atoms with Gasteiger partial charge in [0.05, 0.1) is 0 Å². The SMILES string of the molecule is CN1CCC(NC(=O)COCC(=O)O)C1. The summed E-state index contributed by atoms with van der Waals surface area (Å²) in [6.07, 6.45) is 0.932. The monoisotopic (exact) mass is 216 g/mol. The first-order chi connectivity index (χ1) is 7.08. The van der Waals surface area contributed by atoms with Gasteiger partial charge in [-0.15, -0.1) is 0 Å². The van der Waals surface area contributed by atoms with Gasteiger partial charge in [-0.3, -0.25) is 4.79 Å². The van der Waals surface area contributed by atoms with E-state index in [0.717, 1.165) is 19.5 Å². The molecule has 0 aliphatic carbocycles. The van der Waals surface area contributed by atoms with Crippen LogP contribution in [0.4, 0.5) is 0 Å². The molecule has 1 rings (SSSR count). The molecule has 0 aromatic rings. The third kappa shape index (κ3) is 4.75. The maximum atomic E-state index is 11.2. The molecular formula is C9H16N2O4. The van der Waals surface area contributed by atoms with Gasteiger partial charge in [0, 0.05) is 12.6 Å². The second kappa shape index (κ2) is 5.67. The van der Waals surface area contributed by atoms with E-state index in [1.54, 1.807) is 0 Å². The Labute approximate surface area is 88.2 Å². The minimum absolute atomic E-state index is 0.163. The van der Waals surface area contributed by atoms with Crippen LogP contribution in [0.2, 0.25) is 0 Å². The second-order valence-corrected chi connectivity index (χ2v) is 3.70. The molecule has 6 nitrogen and oxygen atoms in total. The summed E-state index contributed by atoms with van der Waals surface area (Å²) < 4.78 is 4.67. The molecule has 0 radical (unpaired) electrons. The Morgan fingerprint density at radius 2 is 2.27 bits per heavy atom. The highest BCUT2D eigenvalue weighted by Crippen LogP contribution is 2.05. The minimum Gasteiger partial charge on any atom is -0.480 e. The van der Waals surface area contributed by atoms with Gasteiger partial charge < -0.3 is 20.1 Å². The lowest BCUT2D eigenvalue weighted by Gasteiger charge is -2.12. The van der Waals surface area contributed by atoms with Crippen LogP contribution in [0, 0.1) is 0 Å². The van der Waals surface area contributed by atoms with Gasteiger partial charge >= 0.3 is 5.97 Å². The van der Waals surface area contributed by atoms with Crippen LogP contribution >= 0.6 is 0 Å². The molecule has 1 aliphatic heterocycles. The first-order valence-corrected chi connectivity index (χ1v) is 4.85. The van der Waals surface area contributed by atoms with E-state index in [0.29, 0.717) is 0 Å². The fourth-order valence-electron chi connectivity index (χ4n) is 1.55. The number of amides is 1. The molecule has 6 heteroatoms. The van der Waals surface area contributed by atoms with Gasteiger partial charge in [-0.25, -0.2) is 4.79 Å². The number of carbonyl (C=O) groups is 2. The summed E-state index contributed by atoms with van der Waals surface area (Å²) in [6, 6.07) is 0.163. The lowest BCUT2D eigenvalue weighted by atomic mass is 10.2. The quantitative estimate of drug-likeness (QED) is 0.610. The fraction of sp³-hybridized carbons (Fsp3) is 0.778. The Morgan fingerprint density at radius 1 is 1.53 bits per heavy atom. The van der Waals surface area contributed by atoms with Crippen molar-refractivity contribution in [3.05, 3.63) is 0 Å². The number of hydrogen-bond acceptors (Lipinski definition) is 4. The molecule has 1 fully saturated rings. The lowest BCUT2D eigenvalue weighted by molar-refractivity contribution is -0.143. The molecule has 0 aromatic carbocycles. The average molecular weight is 216 g/mol. The van der Waals surface area contributed by atoms with E-state index in [-0.39, 0.29) is 18.6 Å². The number of ether oxygens (including phenoxy) is 1. The van der Waals surface area contributed by atoms with Crippen molar-refractivity contribution in [2.24, 2.45) is 0 Å². The number of rotatable bonds is 5. The van der Waals surface area contributed by atoms with Gasteiger partial charge in [-0.05, 0) is 20.0 Å². The second-order valence-electron chi connectivity index (χ2n) is 3.70. The maximum absolute atomic E-state index is 11.2. The number of carboxylic acids is 1. The van der Waals surface area contributed by atoms with Gasteiger partial charge in [-0.2, -0.15) is 0 Å². The Balaban J connectivity index is 2.10. The topological polar surface area (TPSA) is 78.9 Å². The first kappa shape index (κ1) is 11.9. The van der Waals surface area contributed by atoms with Gasteiger partial charge in [0.15, 0.2) is 0 Å². The summed E-state index contributed by atoms with van der Waals surface area (Å²) >= 11 is 0. The van der Waals surface area contributed by atoms with E-state index in [1.807, 2.05) is 7.05 Å². The van der Waals surface area contributed by atoms with Crippen LogP contribution in [-0.2, 0) is 14.3 Å². The summed E-state index contributed by atoms with van der Waals surface area (Å²) in [7, 11) is 1.99. The molecule has 1 amide bonds. The van der Waals surface area contributed by atoms with Crippen molar-refractivity contribution < 1.29 is 19.4 Å². The first-order valence-electron chi connectivity index (χ1n) is 4.85. The van der Waals surface area contributed by atoms with Crippen molar-refractivity contribution in [2.75, 3.05) is 33.4 Å². The van der Waals surface area contributed by atoms with Gasteiger partial charge in [0.25, 0.3) is 0 Å². The van der Waals surface area contributed by atoms with Crippen LogP contribution in [0.1, 0.15) is 6.42 Å². The van der Waals surface area contributed by atoms with E-state index in [1.165, 1.54) is 0 Å². The zero-order chi connectivity index (χ0) is 11.3. The Kier molecular flexibility index (Phi) is 4.51. The van der Waals surface area contributed by atoms with Gasteiger partial charge in [0.2, 0.25) is 5.91 Å². The van der Waals surface area contributed by atoms with Gasteiger partial charge in [0.1, 0.15) is 13.2 Å². The van der Waals surface area contributed by atoms with Crippen molar-refractivity contribution in [3.63, 3.8) is 0 Å². The summed E-state index contributed by atoms with van der Waals surface area (Å²) in [5.41, 5.74) is 0. The van der Waals surface area contributed by atoms with E-state index >= 15 is 0 Å². The molecule has 0 aromatic heterocycles. The number of nitrogens with zero attached hydrogens (tertiary/aromatic N) is 1. The average Bonchev–Trinajstić information content (AvgIpc) is 2.50. The number of carboxylic acid groups (broad SMARTS) is 1. The molecule has 0 bridgehead atoms. The van der Waals surface area contributed by atoms with Crippen molar-refractivity contribution in [3.8, 4) is 0 Å². The number of aliphatic carboxylic acids is 1. The molecular weight excluding hydrogens is 200 g/mol. The molecule has 1 heterocycles. The van der Waals surface area contributed by atoms with Crippen molar-refractivity contribution in [2.45, 2.75) is 12.5 Å². The molecule has 1 atom stereocenters. The van der Waals surface area contributed by atoms with Crippen molar-refractivity contribution >= 4 is 11.9 Å². The summed E-state index contributed by atoms with van der Waals surface area (Å²) in [6.45, 7) is 1.19. The molecule has 15 heavy (non-hydrogen) atoms. The Hall–Kier alpha value is -1.14. The molecule has 1 aliphatic rings. The minimum atomic E-state index is -1.07. The Morgan fingerprint density at radius 3 is 2.80 bits per heavy atom. The number of carbonyl (C=O) groups excluding carboxylic acids is 1. The van der Waals surface area contributed by atoms with Crippen LogP contribution in [-0.4, -0.2) is 61.3 Å². The standard InChI is InChI=1S/C9H16N2O4/c1-11-3-2-7(4-11)10-8(12)5-15-6-9(13)14/h7H,2-6H2,1H3,(H,10,12)(H,13,14). The molecule has 0 spiro atoms. The van der Waals surface area contributed by atoms with Crippen molar-refractivity contribution in [1.82, 2.24) is 10.2 Å². The number of nitrogens with one attached hydrogen (secondary N) is 1. The van der Waals surface area contributed by atoms with E-state index in [2.05, 4.69) is 15.0 Å². The highest BCUT2D eigenvalue weighted by Gasteiger charge is 2.20. The fourth-order valence-corrected chi connectivity index (χ4v) is 1.55. The van der Waals surface area contributed by atoms with E-state index in [9.17, 15) is 9.59 Å². The number of likely N-dealkylation sites (N-methyl/N-ethyl adjacent to an activating group) is 1. The number of likely N-dealkylation sites (tertiary alicyclic amines) is 1. The van der Waals surface area contributed by atoms with Crippen LogP contribution in [0.5, 0.6) is 0 Å². The zero-order valence-electron chi connectivity index (χ0n) is 8.73. The van der Waals surface area contributed by atoms with Crippen LogP contribution < -0.4 is 5.32 Å². The van der Waals surface area contributed by atoms with E-state index in [4.69, 9.17) is 5.11 Å². The largest absolute Gasteiger partial charge is 0.480 e. The third-order valence-corrected chi connectivity index (χ3v) is 2.22. The molecule has 1 unspecified atom stereocenters. The van der Waals surface area contributed by atoms with E-state index < -0.39 is 12.6 Å². The summed E-state index contributed by atoms with van der Waals surface area (Å²) in [5.74, 6) is -1.32. The van der Waals surface area contributed by atoms with Crippen molar-refractivity contribution in [1.29, 1.82) is 0 Å². The summed E-state index contributed by atoms with van der Waals surface area (Å²) in [4.78, 5) is 23.5. The molecule has 2 N–H and O–H groups in total. The lowest BCUT2D eigenvalue weighted by Crippen LogP contribution is -2.38. The number of hydrogen-bond donors (Lipinski definition) is 2. The molecule has 86 valence electrons. The predicted octanol–water partition coefficient (Wildman–Crippen LogP) is -1.09. The maximum Gasteiger partial charge on any atom is 0.329 e. The zero-order valence-corrected chi connectivity index (χ0v) is 8.73. The Bertz CT molecular complexity index is 244. The molecule has 0 saturated carbocycles. The van der Waals surface area contributed by atoms with Crippen LogP contribution in [0.15, 0.2) is 0 Å². The summed E-state index contributed by atoms with van der Waals surface area (Å²) in [5, 5.41) is 11.1. The van der Waals surface area contributed by atoms with Gasteiger partial charge in [-0.1, -0.05) is 0 Å². The molecule has 1 saturated heterocycles. The van der Waals surface area contributed by atoms with Crippen LogP contribution in [0.3, 0.4) is 0 Å². The normalized spacial score (nSPS) is 21.5. The predicted molar refractivity (Wildman–Crippen MR) is 52.5 cm³/mol. The van der Waals surface area contributed by atoms with Crippen LogP contribution in [0.25, 0.3) is 0 Å². The smallest absolute Gasteiger partial charge is 0.329 e. The highest BCUT2D eigenvalue weighted by molar-refractivity contribution is 5.78. The third-order valence-electron chi connectivity index (χ3n) is 2.22.